The highest BCUT2D eigenvalue weighted by Crippen LogP contribution is 2.19. The van der Waals surface area contributed by atoms with E-state index in [0.717, 1.165) is 50.7 Å². The van der Waals surface area contributed by atoms with Crippen molar-refractivity contribution in [3.05, 3.63) is 11.6 Å². The second kappa shape index (κ2) is 4.74. The van der Waals surface area contributed by atoms with E-state index in [1.54, 1.807) is 0 Å². The first-order valence-electron chi connectivity index (χ1n) is 6.57. The predicted octanol–water partition coefficient (Wildman–Crippen LogP) is 0.521. The Hall–Kier alpha value is -0.940. The third-order valence-electron chi connectivity index (χ3n) is 3.66. The molecule has 2 aliphatic rings. The minimum Gasteiger partial charge on any atom is -0.381 e. The molecule has 3 heterocycles. The van der Waals surface area contributed by atoms with Gasteiger partial charge in [-0.15, -0.1) is 0 Å². The maximum absolute atomic E-state index is 5.93. The van der Waals surface area contributed by atoms with Crippen LogP contribution in [0.15, 0.2) is 0 Å². The number of rotatable bonds is 2. The fourth-order valence-corrected chi connectivity index (χ4v) is 2.70. The molecule has 0 saturated carbocycles. The SMILES string of the molecule is NC1CCc2nc(CC3CCCOC3)nn2C1. The van der Waals surface area contributed by atoms with Gasteiger partial charge < -0.3 is 10.5 Å². The van der Waals surface area contributed by atoms with Crippen LogP contribution in [-0.4, -0.2) is 34.0 Å². The highest BCUT2D eigenvalue weighted by atomic mass is 16.5. The molecule has 2 aliphatic heterocycles. The normalized spacial score (nSPS) is 29.0. The number of nitrogens with two attached hydrogens (primary N) is 1. The zero-order chi connectivity index (χ0) is 11.7. The smallest absolute Gasteiger partial charge is 0.151 e. The lowest BCUT2D eigenvalue weighted by Gasteiger charge is -2.20. The van der Waals surface area contributed by atoms with Gasteiger partial charge in [0.25, 0.3) is 0 Å². The number of hydrogen-bond donors (Lipinski definition) is 1. The number of ether oxygens (including phenoxy) is 1. The van der Waals surface area contributed by atoms with Crippen molar-refractivity contribution in [3.63, 3.8) is 0 Å². The highest BCUT2D eigenvalue weighted by Gasteiger charge is 2.21. The van der Waals surface area contributed by atoms with Crippen LogP contribution in [-0.2, 0) is 24.1 Å². The first-order valence-corrected chi connectivity index (χ1v) is 6.57. The summed E-state index contributed by atoms with van der Waals surface area (Å²) in [6, 6.07) is 0.245. The summed E-state index contributed by atoms with van der Waals surface area (Å²) in [7, 11) is 0. The highest BCUT2D eigenvalue weighted by molar-refractivity contribution is 4.98. The van der Waals surface area contributed by atoms with E-state index in [1.165, 1.54) is 12.8 Å². The molecule has 2 N–H and O–H groups in total. The largest absolute Gasteiger partial charge is 0.381 e. The molecule has 0 spiro atoms. The van der Waals surface area contributed by atoms with Crippen LogP contribution in [0.2, 0.25) is 0 Å². The molecule has 2 unspecified atom stereocenters. The molecule has 1 fully saturated rings. The molecule has 0 amide bonds. The predicted molar refractivity (Wildman–Crippen MR) is 63.6 cm³/mol. The van der Waals surface area contributed by atoms with E-state index in [1.807, 2.05) is 4.68 Å². The minimum absolute atomic E-state index is 0.245. The van der Waals surface area contributed by atoms with Crippen molar-refractivity contribution in [2.24, 2.45) is 11.7 Å². The van der Waals surface area contributed by atoms with Gasteiger partial charge in [0.15, 0.2) is 5.82 Å². The molecule has 1 aromatic heterocycles. The Morgan fingerprint density at radius 2 is 2.35 bits per heavy atom. The van der Waals surface area contributed by atoms with Crippen LogP contribution in [0.1, 0.15) is 30.9 Å². The van der Waals surface area contributed by atoms with Crippen LogP contribution in [0.3, 0.4) is 0 Å². The Bertz CT molecular complexity index is 384. The van der Waals surface area contributed by atoms with Gasteiger partial charge in [-0.25, -0.2) is 9.67 Å². The molecule has 0 radical (unpaired) electrons. The Morgan fingerprint density at radius 1 is 1.41 bits per heavy atom. The van der Waals surface area contributed by atoms with E-state index in [4.69, 9.17) is 10.5 Å². The van der Waals surface area contributed by atoms with Crippen molar-refractivity contribution in [1.29, 1.82) is 0 Å². The number of aromatic nitrogens is 3. The van der Waals surface area contributed by atoms with Crippen molar-refractivity contribution >= 4 is 0 Å². The lowest BCUT2D eigenvalue weighted by Crippen LogP contribution is -2.32. The van der Waals surface area contributed by atoms with E-state index in [2.05, 4.69) is 10.1 Å². The monoisotopic (exact) mass is 236 g/mol. The Labute approximate surface area is 101 Å². The van der Waals surface area contributed by atoms with Crippen molar-refractivity contribution in [2.75, 3.05) is 13.2 Å². The van der Waals surface area contributed by atoms with Gasteiger partial charge in [0.05, 0.1) is 6.54 Å². The molecular weight excluding hydrogens is 216 g/mol. The summed E-state index contributed by atoms with van der Waals surface area (Å²) in [5.74, 6) is 2.69. The fourth-order valence-electron chi connectivity index (χ4n) is 2.70. The van der Waals surface area contributed by atoms with E-state index in [9.17, 15) is 0 Å². The van der Waals surface area contributed by atoms with E-state index >= 15 is 0 Å². The molecule has 0 aliphatic carbocycles. The molecule has 0 aromatic carbocycles. The third-order valence-corrected chi connectivity index (χ3v) is 3.66. The molecule has 0 bridgehead atoms. The van der Waals surface area contributed by atoms with Gasteiger partial charge in [-0.2, -0.15) is 5.10 Å². The summed E-state index contributed by atoms with van der Waals surface area (Å²) < 4.78 is 7.48. The Morgan fingerprint density at radius 3 is 3.18 bits per heavy atom. The maximum Gasteiger partial charge on any atom is 0.151 e. The summed E-state index contributed by atoms with van der Waals surface area (Å²) in [5.41, 5.74) is 5.93. The molecule has 17 heavy (non-hydrogen) atoms. The zero-order valence-electron chi connectivity index (χ0n) is 10.1. The van der Waals surface area contributed by atoms with Crippen molar-refractivity contribution in [1.82, 2.24) is 14.8 Å². The molecule has 5 heteroatoms. The van der Waals surface area contributed by atoms with Crippen LogP contribution in [0.5, 0.6) is 0 Å². The quantitative estimate of drug-likeness (QED) is 0.813. The number of hydrogen-bond acceptors (Lipinski definition) is 4. The van der Waals surface area contributed by atoms with Crippen molar-refractivity contribution in [2.45, 2.75) is 44.7 Å². The second-order valence-electron chi connectivity index (χ2n) is 5.21. The van der Waals surface area contributed by atoms with Gasteiger partial charge in [0, 0.05) is 32.1 Å². The lowest BCUT2D eigenvalue weighted by atomic mass is 9.98. The summed E-state index contributed by atoms with van der Waals surface area (Å²) in [6.07, 6.45) is 5.36. The van der Waals surface area contributed by atoms with Crippen LogP contribution in [0.4, 0.5) is 0 Å². The van der Waals surface area contributed by atoms with Gasteiger partial charge in [-0.05, 0) is 25.2 Å². The van der Waals surface area contributed by atoms with E-state index < -0.39 is 0 Å². The molecule has 1 aromatic rings. The van der Waals surface area contributed by atoms with E-state index in [0.29, 0.717) is 5.92 Å². The second-order valence-corrected chi connectivity index (χ2v) is 5.21. The lowest BCUT2D eigenvalue weighted by molar-refractivity contribution is 0.0543. The van der Waals surface area contributed by atoms with Gasteiger partial charge in [0.1, 0.15) is 5.82 Å². The van der Waals surface area contributed by atoms with Gasteiger partial charge in [-0.1, -0.05) is 0 Å². The van der Waals surface area contributed by atoms with Crippen molar-refractivity contribution in [3.8, 4) is 0 Å². The molecule has 2 atom stereocenters. The first kappa shape index (κ1) is 11.2. The average Bonchev–Trinajstić information content (AvgIpc) is 2.71. The number of aryl methyl sites for hydroxylation is 1. The topological polar surface area (TPSA) is 66.0 Å². The zero-order valence-corrected chi connectivity index (χ0v) is 10.1. The summed E-state index contributed by atoms with van der Waals surface area (Å²) in [5, 5.41) is 4.57. The van der Waals surface area contributed by atoms with Gasteiger partial charge in [-0.3, -0.25) is 0 Å². The summed E-state index contributed by atoms with van der Waals surface area (Å²) in [6.45, 7) is 2.60. The standard InChI is InChI=1S/C12H20N4O/c13-10-3-4-12-14-11(15-16(12)7-10)6-9-2-1-5-17-8-9/h9-10H,1-8,13H2. The molecule has 5 nitrogen and oxygen atoms in total. The van der Waals surface area contributed by atoms with Gasteiger partial charge in [0.2, 0.25) is 0 Å². The fraction of sp³-hybridized carbons (Fsp3) is 0.833. The Balaban J connectivity index is 1.67. The molecule has 94 valence electrons. The van der Waals surface area contributed by atoms with Crippen molar-refractivity contribution < 1.29 is 4.74 Å². The Kier molecular flexibility index (Phi) is 3.11. The van der Waals surface area contributed by atoms with Gasteiger partial charge >= 0.3 is 0 Å². The van der Waals surface area contributed by atoms with E-state index in [-0.39, 0.29) is 6.04 Å². The summed E-state index contributed by atoms with van der Waals surface area (Å²) in [4.78, 5) is 4.62. The van der Waals surface area contributed by atoms with Crippen LogP contribution in [0, 0.1) is 5.92 Å². The summed E-state index contributed by atoms with van der Waals surface area (Å²) >= 11 is 0. The van der Waals surface area contributed by atoms with Crippen LogP contribution in [0.25, 0.3) is 0 Å². The third kappa shape index (κ3) is 2.50. The molecule has 1 saturated heterocycles. The molecule has 3 rings (SSSR count). The minimum atomic E-state index is 0.245. The molecular formula is C12H20N4O. The van der Waals surface area contributed by atoms with Crippen LogP contribution >= 0.6 is 0 Å². The number of fused-ring (bicyclic) bond motifs is 1. The maximum atomic E-state index is 5.93. The average molecular weight is 236 g/mol. The number of nitrogens with zero attached hydrogens (tertiary/aromatic N) is 3. The van der Waals surface area contributed by atoms with Crippen LogP contribution < -0.4 is 5.73 Å². The first-order chi connectivity index (χ1) is 8.31.